The second kappa shape index (κ2) is 11.4. The van der Waals surface area contributed by atoms with E-state index < -0.39 is 27.3 Å². The molecule has 1 N–H and O–H groups in total. The number of rotatable bonds is 10. The van der Waals surface area contributed by atoms with Crippen molar-refractivity contribution >= 4 is 26.8 Å². The Bertz CT molecular complexity index is 779. The summed E-state index contributed by atoms with van der Waals surface area (Å²) in [4.78, 5) is 39.0. The number of nitrogens with zero attached hydrogens (tertiary/aromatic N) is 1. The average Bonchev–Trinajstić information content (AvgIpc) is 3.07. The second-order valence-corrected chi connectivity index (χ2v) is 12.8. The highest BCUT2D eigenvalue weighted by Crippen LogP contribution is 2.39. The Kier molecular flexibility index (Phi) is 9.43. The van der Waals surface area contributed by atoms with Crippen molar-refractivity contribution in [1.29, 1.82) is 0 Å². The monoisotopic (exact) mass is 482 g/mol. The number of hydrogen-bond acceptors (Lipinski definition) is 5. The van der Waals surface area contributed by atoms with E-state index in [9.17, 15) is 18.8 Å². The summed E-state index contributed by atoms with van der Waals surface area (Å²) in [5, 5.41) is 2.88. The van der Waals surface area contributed by atoms with Crippen LogP contribution in [0.5, 0.6) is 0 Å². The lowest BCUT2D eigenvalue weighted by Gasteiger charge is -2.46. The van der Waals surface area contributed by atoms with Crippen LogP contribution in [0.4, 0.5) is 9.18 Å². The highest BCUT2D eigenvalue weighted by molar-refractivity contribution is 6.48. The number of nitrogens with one attached hydrogen (secondary N) is 1. The molecule has 186 valence electrons. The highest BCUT2D eigenvalue weighted by Gasteiger charge is 2.49. The number of halogens is 1. The minimum atomic E-state index is -1.24. The largest absolute Gasteiger partial charge is 0.445 e. The zero-order valence-corrected chi connectivity index (χ0v) is 21.9. The van der Waals surface area contributed by atoms with Gasteiger partial charge < -0.3 is 14.5 Å². The molecular formula is C24H39FN2O5Si. The van der Waals surface area contributed by atoms with Crippen molar-refractivity contribution in [1.82, 2.24) is 10.2 Å². The van der Waals surface area contributed by atoms with Gasteiger partial charge in [-0.25, -0.2) is 9.18 Å². The molecule has 2 heterocycles. The van der Waals surface area contributed by atoms with Gasteiger partial charge in [-0.1, -0.05) is 39.5 Å². The van der Waals surface area contributed by atoms with E-state index in [4.69, 9.17) is 9.16 Å². The molecule has 2 saturated heterocycles. The summed E-state index contributed by atoms with van der Waals surface area (Å²) in [5.41, 5.74) is 0.304. The summed E-state index contributed by atoms with van der Waals surface area (Å²) in [5.74, 6) is -0.462. The summed E-state index contributed by atoms with van der Waals surface area (Å²) in [6.45, 7) is 16.1. The number of alkyl halides is 1. The van der Waals surface area contributed by atoms with Gasteiger partial charge in [0.2, 0.25) is 5.91 Å². The van der Waals surface area contributed by atoms with E-state index in [-0.39, 0.29) is 61.0 Å². The number of ether oxygens (including phenoxy) is 1. The van der Waals surface area contributed by atoms with Crippen molar-refractivity contribution in [2.45, 2.75) is 71.9 Å². The van der Waals surface area contributed by atoms with Crippen molar-refractivity contribution in [3.05, 3.63) is 24.3 Å². The Morgan fingerprint density at radius 3 is 2.58 bits per heavy atom. The topological polar surface area (TPSA) is 84.9 Å². The smallest absolute Gasteiger partial charge is 0.410 e. The molecule has 7 nitrogen and oxygen atoms in total. The van der Waals surface area contributed by atoms with Crippen LogP contribution in [0.2, 0.25) is 13.1 Å². The number of Topliss-reactive ketones (excluding diaryl/α,β-unsaturated/α-hetero) is 1. The van der Waals surface area contributed by atoms with Crippen LogP contribution in [0.25, 0.3) is 0 Å². The number of hydrogen-bond donors (Lipinski definition) is 1. The maximum atomic E-state index is 14.0. The molecule has 0 aliphatic carbocycles. The van der Waals surface area contributed by atoms with Gasteiger partial charge in [0, 0.05) is 25.5 Å². The van der Waals surface area contributed by atoms with E-state index in [1.165, 1.54) is 11.0 Å². The number of amides is 2. The molecular weight excluding hydrogens is 443 g/mol. The number of carbonyl (C=O) groups is 3. The van der Waals surface area contributed by atoms with Gasteiger partial charge in [0.15, 0.2) is 14.8 Å². The first kappa shape index (κ1) is 27.2. The molecule has 2 aliphatic rings. The van der Waals surface area contributed by atoms with Crippen LogP contribution in [0, 0.1) is 17.3 Å². The van der Waals surface area contributed by atoms with Gasteiger partial charge >= 0.3 is 6.09 Å². The Hall–Kier alpha value is -2.00. The standard InChI is InChI=1S/C24H39FN2O5Si/c1-8-9-31-23(30)27-13-16(25)11-17(27)10-15(2)20(28)12-19-21(22(29)26-19)18(24(3,4)5)14-32-33(6)7/h8,10,16-19,21,33H,1,9,11-14H2,2-7H3,(H,26,29)/t16?,17-,18-,19-,21+/m1/s1. The van der Waals surface area contributed by atoms with E-state index in [0.29, 0.717) is 12.2 Å². The molecule has 0 saturated carbocycles. The van der Waals surface area contributed by atoms with Crippen molar-refractivity contribution in [3.8, 4) is 0 Å². The highest BCUT2D eigenvalue weighted by atomic mass is 28.3. The SMILES string of the molecule is C=CCOC(=O)N1CC(F)C[C@H]1C=C(C)C(=O)C[C@H]1NC(=O)[C@H]1[C@@H](CO[SiH](C)C)C(C)(C)C. The molecule has 2 fully saturated rings. The van der Waals surface area contributed by atoms with E-state index in [1.807, 2.05) is 0 Å². The minimum Gasteiger partial charge on any atom is -0.445 e. The molecule has 0 aromatic heterocycles. The fraction of sp³-hybridized carbons (Fsp3) is 0.708. The lowest BCUT2D eigenvalue weighted by atomic mass is 9.66. The Balaban J connectivity index is 2.07. The predicted molar refractivity (Wildman–Crippen MR) is 128 cm³/mol. The van der Waals surface area contributed by atoms with Gasteiger partial charge in [-0.2, -0.15) is 0 Å². The first-order chi connectivity index (χ1) is 15.3. The first-order valence-electron chi connectivity index (χ1n) is 11.7. The Morgan fingerprint density at radius 2 is 2.03 bits per heavy atom. The van der Waals surface area contributed by atoms with Gasteiger partial charge in [-0.3, -0.25) is 14.5 Å². The lowest BCUT2D eigenvalue weighted by Crippen LogP contribution is -2.63. The van der Waals surface area contributed by atoms with Crippen LogP contribution in [-0.2, 0) is 18.8 Å². The van der Waals surface area contributed by atoms with E-state index in [1.54, 1.807) is 13.0 Å². The molecule has 0 aromatic carbocycles. The van der Waals surface area contributed by atoms with Crippen LogP contribution >= 0.6 is 0 Å². The molecule has 2 amide bonds. The fourth-order valence-corrected chi connectivity index (χ4v) is 5.01. The third kappa shape index (κ3) is 7.24. The van der Waals surface area contributed by atoms with E-state index in [0.717, 1.165) is 0 Å². The van der Waals surface area contributed by atoms with Gasteiger partial charge in [-0.05, 0) is 36.9 Å². The van der Waals surface area contributed by atoms with Gasteiger partial charge in [0.05, 0.1) is 18.5 Å². The van der Waals surface area contributed by atoms with Gasteiger partial charge in [0.1, 0.15) is 12.8 Å². The van der Waals surface area contributed by atoms with Crippen LogP contribution in [-0.4, -0.2) is 69.7 Å². The number of allylic oxidation sites excluding steroid dienone is 1. The van der Waals surface area contributed by atoms with Crippen molar-refractivity contribution in [2.75, 3.05) is 19.8 Å². The number of carbonyl (C=O) groups excluding carboxylic acids is 3. The molecule has 5 atom stereocenters. The lowest BCUT2D eigenvalue weighted by molar-refractivity contribution is -0.143. The average molecular weight is 483 g/mol. The summed E-state index contributed by atoms with van der Waals surface area (Å²) in [7, 11) is -1.24. The molecule has 33 heavy (non-hydrogen) atoms. The normalized spacial score (nSPS) is 26.6. The van der Waals surface area contributed by atoms with Crippen LogP contribution in [0.1, 0.15) is 40.5 Å². The molecule has 9 heteroatoms. The Morgan fingerprint density at radius 1 is 1.36 bits per heavy atom. The van der Waals surface area contributed by atoms with Crippen LogP contribution in [0.3, 0.4) is 0 Å². The molecule has 0 bridgehead atoms. The number of β-lactam (4-membered cyclic amide) rings is 1. The molecule has 0 radical (unpaired) electrons. The number of likely N-dealkylation sites (tertiary alicyclic amines) is 1. The first-order valence-corrected chi connectivity index (χ1v) is 14.4. The van der Waals surface area contributed by atoms with Gasteiger partial charge in [0.25, 0.3) is 0 Å². The second-order valence-electron chi connectivity index (χ2n) is 10.4. The Labute approximate surface area is 198 Å². The predicted octanol–water partition coefficient (Wildman–Crippen LogP) is 3.40. The van der Waals surface area contributed by atoms with E-state index >= 15 is 0 Å². The fourth-order valence-electron chi connectivity index (χ4n) is 4.42. The van der Waals surface area contributed by atoms with Gasteiger partial charge in [-0.15, -0.1) is 0 Å². The molecule has 2 aliphatic heterocycles. The zero-order valence-electron chi connectivity index (χ0n) is 20.7. The summed E-state index contributed by atoms with van der Waals surface area (Å²) < 4.78 is 25.0. The maximum Gasteiger partial charge on any atom is 0.410 e. The summed E-state index contributed by atoms with van der Waals surface area (Å²) in [6.07, 6.45) is 1.59. The minimum absolute atomic E-state index is 0.000450. The summed E-state index contributed by atoms with van der Waals surface area (Å²) in [6, 6.07) is -0.805. The van der Waals surface area contributed by atoms with Crippen LogP contribution < -0.4 is 5.32 Å². The molecule has 2 rings (SSSR count). The van der Waals surface area contributed by atoms with Crippen molar-refractivity contribution < 1.29 is 27.9 Å². The quantitative estimate of drug-likeness (QED) is 0.223. The molecule has 1 unspecified atom stereocenters. The third-order valence-electron chi connectivity index (χ3n) is 6.36. The molecule has 0 aromatic rings. The number of ketones is 1. The van der Waals surface area contributed by atoms with Crippen molar-refractivity contribution in [2.24, 2.45) is 17.3 Å². The van der Waals surface area contributed by atoms with E-state index in [2.05, 4.69) is 45.8 Å². The zero-order chi connectivity index (χ0) is 24.9. The third-order valence-corrected chi connectivity index (χ3v) is 7.22. The summed E-state index contributed by atoms with van der Waals surface area (Å²) >= 11 is 0. The van der Waals surface area contributed by atoms with Crippen LogP contribution in [0.15, 0.2) is 24.3 Å². The maximum absolute atomic E-state index is 14.0. The van der Waals surface area contributed by atoms with Crippen molar-refractivity contribution in [3.63, 3.8) is 0 Å². The molecule has 0 spiro atoms.